The topological polar surface area (TPSA) is 153 Å². The summed E-state index contributed by atoms with van der Waals surface area (Å²) in [6.45, 7) is 4.75. The molecule has 0 heterocycles. The number of alkyl halides is 1. The van der Waals surface area contributed by atoms with Gasteiger partial charge < -0.3 is 27.4 Å². The lowest BCUT2D eigenvalue weighted by molar-refractivity contribution is 0.204. The Kier molecular flexibility index (Phi) is 20.3. The van der Waals surface area contributed by atoms with Crippen molar-refractivity contribution in [1.82, 2.24) is 0 Å². The lowest BCUT2D eigenvalue weighted by Gasteiger charge is -2.14. The molecule has 112 valence electrons. The third-order valence-corrected chi connectivity index (χ3v) is 3.08. The predicted octanol–water partition coefficient (Wildman–Crippen LogP) is 1.43. The molecule has 8 heteroatoms. The summed E-state index contributed by atoms with van der Waals surface area (Å²) >= 11 is 2.44. The molecule has 0 aromatic carbocycles. The fourth-order valence-corrected chi connectivity index (χ4v) is 2.06. The quantitative estimate of drug-likeness (QED) is 0.281. The van der Waals surface area contributed by atoms with E-state index in [4.69, 9.17) is 25.5 Å². The van der Waals surface area contributed by atoms with Crippen LogP contribution in [0.2, 0.25) is 0 Å². The summed E-state index contributed by atoms with van der Waals surface area (Å²) in [5.41, 5.74) is 13.6. The van der Waals surface area contributed by atoms with E-state index in [-0.39, 0.29) is 0 Å². The second-order valence-corrected chi connectivity index (χ2v) is 4.82. The van der Waals surface area contributed by atoms with Crippen molar-refractivity contribution in [2.75, 3.05) is 6.54 Å². The van der Waals surface area contributed by atoms with Crippen LogP contribution in [-0.2, 0) is 0 Å². The molecule has 8 N–H and O–H groups in total. The van der Waals surface area contributed by atoms with Crippen LogP contribution in [0.5, 0.6) is 0 Å². The van der Waals surface area contributed by atoms with Gasteiger partial charge in [0.05, 0.1) is 0 Å². The van der Waals surface area contributed by atoms with Crippen molar-refractivity contribution in [2.24, 2.45) is 23.1 Å². The molecule has 0 aromatic rings. The molecule has 0 fully saturated rings. The molecule has 0 aromatic heterocycles. The Morgan fingerprint density at radius 1 is 1.26 bits per heavy atom. The molecular formula is C11H22IN3O4. The van der Waals surface area contributed by atoms with Crippen LogP contribution < -0.4 is 17.2 Å². The molecule has 0 aliphatic rings. The smallest absolute Gasteiger partial charge is 0.402 e. The van der Waals surface area contributed by atoms with Gasteiger partial charge in [-0.25, -0.2) is 9.59 Å². The second kappa shape index (κ2) is 16.8. The lowest BCUT2D eigenvalue weighted by atomic mass is 10.0. The van der Waals surface area contributed by atoms with E-state index < -0.39 is 12.2 Å². The third-order valence-electron chi connectivity index (χ3n) is 1.58. The Morgan fingerprint density at radius 2 is 1.63 bits per heavy atom. The first-order valence-corrected chi connectivity index (χ1v) is 6.70. The zero-order chi connectivity index (χ0) is 15.8. The van der Waals surface area contributed by atoms with Crippen LogP contribution in [0, 0.1) is 17.8 Å². The van der Waals surface area contributed by atoms with Crippen LogP contribution >= 0.6 is 22.6 Å². The van der Waals surface area contributed by atoms with Crippen molar-refractivity contribution < 1.29 is 19.8 Å². The maximum atomic E-state index is 8.78. The van der Waals surface area contributed by atoms with E-state index in [1.807, 2.05) is 6.92 Å². The minimum atomic E-state index is -1.33. The number of hydrogen-bond acceptors (Lipinski definition) is 3. The first-order valence-electron chi connectivity index (χ1n) is 5.45. The maximum Gasteiger partial charge on any atom is 0.402 e. The molecule has 0 bridgehead atoms. The summed E-state index contributed by atoms with van der Waals surface area (Å²) in [6, 6.07) is 0. The monoisotopic (exact) mass is 387 g/mol. The summed E-state index contributed by atoms with van der Waals surface area (Å²) in [5, 5.41) is 14.4. The average molecular weight is 387 g/mol. The van der Waals surface area contributed by atoms with Gasteiger partial charge in [0.1, 0.15) is 0 Å². The van der Waals surface area contributed by atoms with Gasteiger partial charge in [0.25, 0.3) is 0 Å². The fourth-order valence-electron chi connectivity index (χ4n) is 0.959. The zero-order valence-corrected chi connectivity index (χ0v) is 13.3. The number of rotatable bonds is 4. The van der Waals surface area contributed by atoms with Gasteiger partial charge in [0.15, 0.2) is 0 Å². The summed E-state index contributed by atoms with van der Waals surface area (Å²) in [6.07, 6.45) is -0.230. The summed E-state index contributed by atoms with van der Waals surface area (Å²) in [5.74, 6) is 6.45. The Hall–Kier alpha value is -1.21. The van der Waals surface area contributed by atoms with Crippen molar-refractivity contribution in [1.29, 1.82) is 0 Å². The van der Waals surface area contributed by atoms with E-state index in [2.05, 4.69) is 52.8 Å². The van der Waals surface area contributed by atoms with Gasteiger partial charge in [-0.2, -0.15) is 0 Å². The Balaban J connectivity index is -0.000000264. The van der Waals surface area contributed by atoms with Crippen LogP contribution in [0.3, 0.4) is 0 Å². The summed E-state index contributed by atoms with van der Waals surface area (Å²) in [4.78, 5) is 17.6. The minimum absolute atomic E-state index is 0.389. The van der Waals surface area contributed by atoms with Gasteiger partial charge >= 0.3 is 12.2 Å². The molecular weight excluding hydrogens is 365 g/mol. The van der Waals surface area contributed by atoms with Gasteiger partial charge in [-0.3, -0.25) is 0 Å². The maximum absolute atomic E-state index is 8.78. The number of carbonyl (C=O) groups is 2. The molecule has 2 atom stereocenters. The number of amides is 2. The van der Waals surface area contributed by atoms with E-state index in [1.165, 1.54) is 12.8 Å². The Bertz CT molecular complexity index is 282. The largest absolute Gasteiger partial charge is 0.465 e. The molecule has 2 amide bonds. The minimum Gasteiger partial charge on any atom is -0.465 e. The molecule has 0 spiro atoms. The highest BCUT2D eigenvalue weighted by Gasteiger charge is 2.12. The molecule has 7 nitrogen and oxygen atoms in total. The van der Waals surface area contributed by atoms with E-state index in [0.29, 0.717) is 16.4 Å². The number of halogens is 1. The van der Waals surface area contributed by atoms with Crippen LogP contribution in [0.4, 0.5) is 9.59 Å². The molecule has 0 radical (unpaired) electrons. The third kappa shape index (κ3) is 31.5. The van der Waals surface area contributed by atoms with Crippen molar-refractivity contribution in [3.8, 4) is 11.8 Å². The normalized spacial score (nSPS) is 11.2. The highest BCUT2D eigenvalue weighted by Crippen LogP contribution is 2.17. The highest BCUT2D eigenvalue weighted by molar-refractivity contribution is 14.1. The second-order valence-electron chi connectivity index (χ2n) is 3.22. The molecule has 0 aliphatic carbocycles. The van der Waals surface area contributed by atoms with Gasteiger partial charge in [0, 0.05) is 16.4 Å². The zero-order valence-electron chi connectivity index (χ0n) is 11.1. The number of nitrogens with two attached hydrogens (primary N) is 3. The standard InChI is InChI=1S/C9H16IN.2CH3NO2/c1-3-5-8(7-11)9(10)6-4-2;2*2-1(3)4/h8-9H,4,6-7,11H2,1-2H3;2*2H2,(H,3,4). The Morgan fingerprint density at radius 3 is 1.84 bits per heavy atom. The van der Waals surface area contributed by atoms with Crippen molar-refractivity contribution in [2.45, 2.75) is 30.6 Å². The van der Waals surface area contributed by atoms with Gasteiger partial charge in [0.2, 0.25) is 0 Å². The van der Waals surface area contributed by atoms with Gasteiger partial charge in [-0.1, -0.05) is 41.9 Å². The lowest BCUT2D eigenvalue weighted by Crippen LogP contribution is -2.21. The SMILES string of the molecule is CC#CC(CN)C(I)CCC.NC(=O)O.NC(=O)O. The summed E-state index contributed by atoms with van der Waals surface area (Å²) in [7, 11) is 0. The van der Waals surface area contributed by atoms with Gasteiger partial charge in [-0.05, 0) is 13.3 Å². The van der Waals surface area contributed by atoms with E-state index in [1.54, 1.807) is 0 Å². The van der Waals surface area contributed by atoms with Crippen molar-refractivity contribution in [3.63, 3.8) is 0 Å². The molecule has 0 aliphatic heterocycles. The van der Waals surface area contributed by atoms with Crippen LogP contribution in [0.15, 0.2) is 0 Å². The summed E-state index contributed by atoms with van der Waals surface area (Å²) < 4.78 is 0.620. The molecule has 0 saturated heterocycles. The van der Waals surface area contributed by atoms with Crippen LogP contribution in [0.25, 0.3) is 0 Å². The molecule has 19 heavy (non-hydrogen) atoms. The molecule has 0 rings (SSSR count). The predicted molar refractivity (Wildman–Crippen MR) is 83.1 cm³/mol. The number of carboxylic acid groups (broad SMARTS) is 2. The van der Waals surface area contributed by atoms with Crippen LogP contribution in [0.1, 0.15) is 26.7 Å². The fraction of sp³-hybridized carbons (Fsp3) is 0.636. The van der Waals surface area contributed by atoms with E-state index in [0.717, 1.165) is 0 Å². The van der Waals surface area contributed by atoms with Crippen molar-refractivity contribution >= 4 is 34.8 Å². The highest BCUT2D eigenvalue weighted by atomic mass is 127. The first kappa shape index (κ1) is 22.9. The first-order chi connectivity index (χ1) is 8.72. The van der Waals surface area contributed by atoms with E-state index in [9.17, 15) is 0 Å². The average Bonchev–Trinajstić information content (AvgIpc) is 2.24. The molecule has 0 saturated carbocycles. The number of primary amides is 2. The molecule has 2 unspecified atom stereocenters. The van der Waals surface area contributed by atoms with Gasteiger partial charge in [-0.15, -0.1) is 5.92 Å². The van der Waals surface area contributed by atoms with E-state index >= 15 is 0 Å². The van der Waals surface area contributed by atoms with Crippen LogP contribution in [-0.4, -0.2) is 32.9 Å². The van der Waals surface area contributed by atoms with Crippen molar-refractivity contribution in [3.05, 3.63) is 0 Å². The number of hydrogen-bond donors (Lipinski definition) is 5. The Labute approximate surface area is 127 Å².